The average Bonchev–Trinajstić information content (AvgIpc) is 2.70. The van der Waals surface area contributed by atoms with Gasteiger partial charge in [0.1, 0.15) is 0 Å². The Bertz CT molecular complexity index is 197. The number of rotatable bonds is 4. The van der Waals surface area contributed by atoms with E-state index in [1.807, 2.05) is 0 Å². The minimum absolute atomic E-state index is 0.910. The molecule has 1 aliphatic carbocycles. The maximum atomic E-state index is 3.31. The van der Waals surface area contributed by atoms with Crippen LogP contribution in [0, 0.1) is 17.8 Å². The van der Waals surface area contributed by atoms with Crippen LogP contribution in [0.4, 0.5) is 0 Å². The molecule has 1 atom stereocenters. The van der Waals surface area contributed by atoms with E-state index in [1.54, 1.807) is 0 Å². The molecular formula is C14H28N2. The minimum Gasteiger partial charge on any atom is -0.319 e. The van der Waals surface area contributed by atoms with Crippen molar-refractivity contribution in [2.45, 2.75) is 39.0 Å². The van der Waals surface area contributed by atoms with Crippen LogP contribution in [-0.4, -0.2) is 38.1 Å². The van der Waals surface area contributed by atoms with E-state index in [4.69, 9.17) is 0 Å². The van der Waals surface area contributed by atoms with Gasteiger partial charge in [0.15, 0.2) is 0 Å². The van der Waals surface area contributed by atoms with Crippen molar-refractivity contribution in [3.8, 4) is 0 Å². The Morgan fingerprint density at radius 2 is 1.81 bits per heavy atom. The van der Waals surface area contributed by atoms with Crippen molar-refractivity contribution in [1.29, 1.82) is 0 Å². The van der Waals surface area contributed by atoms with Crippen LogP contribution in [0.5, 0.6) is 0 Å². The number of nitrogens with zero attached hydrogens (tertiary/aromatic N) is 1. The molecule has 0 amide bonds. The Morgan fingerprint density at radius 3 is 2.50 bits per heavy atom. The summed E-state index contributed by atoms with van der Waals surface area (Å²) in [5.41, 5.74) is 0. The van der Waals surface area contributed by atoms with Crippen molar-refractivity contribution < 1.29 is 0 Å². The van der Waals surface area contributed by atoms with Crippen molar-refractivity contribution in [3.63, 3.8) is 0 Å². The third-order valence-electron chi connectivity index (χ3n) is 4.51. The van der Waals surface area contributed by atoms with Crippen LogP contribution in [0.3, 0.4) is 0 Å². The Balaban J connectivity index is 1.67. The maximum Gasteiger partial charge on any atom is 0.00224 e. The molecule has 1 saturated heterocycles. The summed E-state index contributed by atoms with van der Waals surface area (Å²) in [4.78, 5) is 2.71. The molecule has 1 saturated carbocycles. The highest BCUT2D eigenvalue weighted by Gasteiger charge is 2.25. The Kier molecular flexibility index (Phi) is 4.66. The van der Waals surface area contributed by atoms with Gasteiger partial charge in [0.05, 0.1) is 0 Å². The monoisotopic (exact) mass is 224 g/mol. The van der Waals surface area contributed by atoms with Gasteiger partial charge in [-0.15, -0.1) is 0 Å². The second-order valence-electron chi connectivity index (χ2n) is 6.10. The van der Waals surface area contributed by atoms with Crippen LogP contribution >= 0.6 is 0 Å². The van der Waals surface area contributed by atoms with Crippen LogP contribution in [0.25, 0.3) is 0 Å². The van der Waals surface area contributed by atoms with Gasteiger partial charge in [-0.3, -0.25) is 0 Å². The van der Waals surface area contributed by atoms with Crippen molar-refractivity contribution >= 4 is 0 Å². The SMILES string of the molecule is CNCC1CCN(CC2CCC(C)CC2)C1. The normalized spacial score (nSPS) is 36.8. The molecule has 0 spiro atoms. The van der Waals surface area contributed by atoms with Crippen LogP contribution in [-0.2, 0) is 0 Å². The summed E-state index contributed by atoms with van der Waals surface area (Å²) in [6.45, 7) is 7.69. The second-order valence-corrected chi connectivity index (χ2v) is 6.10. The molecule has 16 heavy (non-hydrogen) atoms. The lowest BCUT2D eigenvalue weighted by Crippen LogP contribution is -2.30. The molecular weight excluding hydrogens is 196 g/mol. The summed E-state index contributed by atoms with van der Waals surface area (Å²) >= 11 is 0. The fraction of sp³-hybridized carbons (Fsp3) is 1.00. The minimum atomic E-state index is 0.910. The lowest BCUT2D eigenvalue weighted by atomic mass is 9.83. The molecule has 0 aromatic carbocycles. The van der Waals surface area contributed by atoms with E-state index in [0.717, 1.165) is 17.8 Å². The molecule has 1 aliphatic heterocycles. The lowest BCUT2D eigenvalue weighted by Gasteiger charge is -2.29. The molecule has 1 unspecified atom stereocenters. The summed E-state index contributed by atoms with van der Waals surface area (Å²) in [6.07, 6.45) is 7.31. The molecule has 2 rings (SSSR count). The highest BCUT2D eigenvalue weighted by atomic mass is 15.1. The van der Waals surface area contributed by atoms with Crippen LogP contribution < -0.4 is 5.32 Å². The molecule has 2 nitrogen and oxygen atoms in total. The zero-order valence-electron chi connectivity index (χ0n) is 11.0. The molecule has 0 radical (unpaired) electrons. The Hall–Kier alpha value is -0.0800. The van der Waals surface area contributed by atoms with E-state index in [2.05, 4.69) is 24.2 Å². The summed E-state index contributed by atoms with van der Waals surface area (Å²) in [6, 6.07) is 0. The first-order valence-electron chi connectivity index (χ1n) is 7.15. The molecule has 2 aliphatic rings. The van der Waals surface area contributed by atoms with E-state index in [9.17, 15) is 0 Å². The van der Waals surface area contributed by atoms with Crippen LogP contribution in [0.2, 0.25) is 0 Å². The van der Waals surface area contributed by atoms with Crippen molar-refractivity contribution in [1.82, 2.24) is 10.2 Å². The number of nitrogens with one attached hydrogen (secondary N) is 1. The lowest BCUT2D eigenvalue weighted by molar-refractivity contribution is 0.205. The van der Waals surface area contributed by atoms with E-state index in [0.29, 0.717) is 0 Å². The fourth-order valence-corrected chi connectivity index (χ4v) is 3.41. The van der Waals surface area contributed by atoms with Gasteiger partial charge < -0.3 is 10.2 Å². The molecule has 0 aromatic heterocycles. The first kappa shape index (κ1) is 12.4. The third kappa shape index (κ3) is 3.46. The zero-order valence-corrected chi connectivity index (χ0v) is 11.0. The van der Waals surface area contributed by atoms with Gasteiger partial charge in [-0.1, -0.05) is 19.8 Å². The first-order valence-corrected chi connectivity index (χ1v) is 7.15. The van der Waals surface area contributed by atoms with Crippen molar-refractivity contribution in [2.75, 3.05) is 33.2 Å². The highest BCUT2D eigenvalue weighted by molar-refractivity contribution is 4.80. The molecule has 0 aromatic rings. The smallest absolute Gasteiger partial charge is 0.00224 e. The molecule has 1 heterocycles. The van der Waals surface area contributed by atoms with Gasteiger partial charge in [0.2, 0.25) is 0 Å². The molecule has 94 valence electrons. The summed E-state index contributed by atoms with van der Waals surface area (Å²) < 4.78 is 0. The molecule has 0 bridgehead atoms. The van der Waals surface area contributed by atoms with Crippen molar-refractivity contribution in [3.05, 3.63) is 0 Å². The van der Waals surface area contributed by atoms with E-state index >= 15 is 0 Å². The Labute approximate surface area is 101 Å². The average molecular weight is 224 g/mol. The summed E-state index contributed by atoms with van der Waals surface area (Å²) in [7, 11) is 2.07. The van der Waals surface area contributed by atoms with Crippen LogP contribution in [0.1, 0.15) is 39.0 Å². The maximum absolute atomic E-state index is 3.31. The third-order valence-corrected chi connectivity index (χ3v) is 4.51. The van der Waals surface area contributed by atoms with Gasteiger partial charge in [-0.05, 0) is 57.2 Å². The molecule has 2 heteroatoms. The number of hydrogen-bond donors (Lipinski definition) is 1. The van der Waals surface area contributed by atoms with Gasteiger partial charge in [0.25, 0.3) is 0 Å². The molecule has 2 fully saturated rings. The van der Waals surface area contributed by atoms with Gasteiger partial charge in [-0.25, -0.2) is 0 Å². The Morgan fingerprint density at radius 1 is 1.06 bits per heavy atom. The summed E-state index contributed by atoms with van der Waals surface area (Å²) in [5.74, 6) is 2.91. The second kappa shape index (κ2) is 6.02. The van der Waals surface area contributed by atoms with E-state index < -0.39 is 0 Å². The van der Waals surface area contributed by atoms with Gasteiger partial charge in [-0.2, -0.15) is 0 Å². The quantitative estimate of drug-likeness (QED) is 0.788. The number of hydrogen-bond acceptors (Lipinski definition) is 2. The fourth-order valence-electron chi connectivity index (χ4n) is 3.41. The van der Waals surface area contributed by atoms with E-state index in [-0.39, 0.29) is 0 Å². The largest absolute Gasteiger partial charge is 0.319 e. The topological polar surface area (TPSA) is 15.3 Å². The first-order chi connectivity index (χ1) is 7.78. The number of likely N-dealkylation sites (tertiary alicyclic amines) is 1. The van der Waals surface area contributed by atoms with Crippen molar-refractivity contribution in [2.24, 2.45) is 17.8 Å². The van der Waals surface area contributed by atoms with E-state index in [1.165, 1.54) is 58.3 Å². The van der Waals surface area contributed by atoms with Gasteiger partial charge in [0, 0.05) is 13.1 Å². The van der Waals surface area contributed by atoms with Gasteiger partial charge >= 0.3 is 0 Å². The standard InChI is InChI=1S/C14H28N2/c1-12-3-5-13(6-4-12)10-16-8-7-14(11-16)9-15-2/h12-15H,3-11H2,1-2H3. The predicted octanol–water partition coefficient (Wildman–Crippen LogP) is 2.35. The van der Waals surface area contributed by atoms with Crippen LogP contribution in [0.15, 0.2) is 0 Å². The molecule has 1 N–H and O–H groups in total. The summed E-state index contributed by atoms with van der Waals surface area (Å²) in [5, 5.41) is 3.31. The highest BCUT2D eigenvalue weighted by Crippen LogP contribution is 2.30. The predicted molar refractivity (Wildman–Crippen MR) is 69.6 cm³/mol. The zero-order chi connectivity index (χ0) is 11.4.